The molecule has 0 bridgehead atoms. The molecule has 0 aromatic heterocycles. The summed E-state index contributed by atoms with van der Waals surface area (Å²) in [5.41, 5.74) is 3.39. The third kappa shape index (κ3) is 1.65. The number of hydrogen-bond donors (Lipinski definition) is 0. The molecule has 2 heteroatoms. The molecule has 1 aliphatic heterocycles. The van der Waals surface area contributed by atoms with Gasteiger partial charge in [0.15, 0.2) is 0 Å². The van der Waals surface area contributed by atoms with Crippen molar-refractivity contribution >= 4 is 12.0 Å². The molecule has 15 heavy (non-hydrogen) atoms. The summed E-state index contributed by atoms with van der Waals surface area (Å²) < 4.78 is 0. The smallest absolute Gasteiger partial charge is 0.150 e. The Balaban J connectivity index is 2.45. The van der Waals surface area contributed by atoms with Gasteiger partial charge in [-0.05, 0) is 37.6 Å². The van der Waals surface area contributed by atoms with E-state index in [1.807, 2.05) is 12.1 Å². The third-order valence-corrected chi connectivity index (χ3v) is 3.12. The van der Waals surface area contributed by atoms with Gasteiger partial charge in [0.25, 0.3) is 0 Å². The highest BCUT2D eigenvalue weighted by Crippen LogP contribution is 2.37. The van der Waals surface area contributed by atoms with E-state index in [-0.39, 0.29) is 0 Å². The first-order chi connectivity index (χ1) is 7.13. The quantitative estimate of drug-likeness (QED) is 0.689. The first-order valence-corrected chi connectivity index (χ1v) is 5.49. The molecule has 1 aromatic carbocycles. The Hall–Kier alpha value is -1.31. The third-order valence-electron chi connectivity index (χ3n) is 3.12. The van der Waals surface area contributed by atoms with Crippen molar-refractivity contribution in [3.8, 4) is 0 Å². The van der Waals surface area contributed by atoms with E-state index < -0.39 is 0 Å². The van der Waals surface area contributed by atoms with Crippen molar-refractivity contribution in [3.05, 3.63) is 29.3 Å². The van der Waals surface area contributed by atoms with Gasteiger partial charge in [-0.25, -0.2) is 0 Å². The SMILES string of the molecule is CC1CN(C(C)C)c2ccc(C=O)cc21. The lowest BCUT2D eigenvalue weighted by atomic mass is 10.0. The van der Waals surface area contributed by atoms with E-state index in [0.717, 1.165) is 18.4 Å². The molecular formula is C13H17NO. The van der Waals surface area contributed by atoms with Gasteiger partial charge in [-0.15, -0.1) is 0 Å². The van der Waals surface area contributed by atoms with Gasteiger partial charge >= 0.3 is 0 Å². The van der Waals surface area contributed by atoms with Crippen molar-refractivity contribution in [3.63, 3.8) is 0 Å². The second kappa shape index (κ2) is 3.69. The summed E-state index contributed by atoms with van der Waals surface area (Å²) in [7, 11) is 0. The number of benzene rings is 1. The molecule has 0 N–H and O–H groups in total. The zero-order valence-electron chi connectivity index (χ0n) is 9.53. The molecule has 0 saturated carbocycles. The number of carbonyl (C=O) groups excluding carboxylic acids is 1. The molecule has 1 heterocycles. The van der Waals surface area contributed by atoms with Crippen LogP contribution < -0.4 is 4.90 Å². The van der Waals surface area contributed by atoms with Crippen LogP contribution in [0, 0.1) is 0 Å². The van der Waals surface area contributed by atoms with Gasteiger partial charge in [0, 0.05) is 29.8 Å². The highest BCUT2D eigenvalue weighted by atomic mass is 16.1. The normalized spacial score (nSPS) is 19.5. The zero-order chi connectivity index (χ0) is 11.0. The van der Waals surface area contributed by atoms with Gasteiger partial charge in [0.2, 0.25) is 0 Å². The van der Waals surface area contributed by atoms with Crippen molar-refractivity contribution in [2.75, 3.05) is 11.4 Å². The number of hydrogen-bond acceptors (Lipinski definition) is 2. The Bertz CT molecular complexity index is 384. The zero-order valence-corrected chi connectivity index (χ0v) is 9.53. The molecular weight excluding hydrogens is 186 g/mol. The summed E-state index contributed by atoms with van der Waals surface area (Å²) in [6.45, 7) is 7.69. The van der Waals surface area contributed by atoms with Crippen LogP contribution in [0.1, 0.15) is 42.6 Å². The van der Waals surface area contributed by atoms with Gasteiger partial charge < -0.3 is 4.90 Å². The summed E-state index contributed by atoms with van der Waals surface area (Å²) in [5.74, 6) is 0.530. The highest BCUT2D eigenvalue weighted by molar-refractivity contribution is 5.78. The van der Waals surface area contributed by atoms with Crippen LogP contribution in [0.3, 0.4) is 0 Å². The lowest BCUT2D eigenvalue weighted by Crippen LogP contribution is -2.28. The second-order valence-corrected chi connectivity index (χ2v) is 4.58. The maximum Gasteiger partial charge on any atom is 0.150 e. The lowest BCUT2D eigenvalue weighted by Gasteiger charge is -2.24. The molecule has 0 spiro atoms. The number of aldehydes is 1. The van der Waals surface area contributed by atoms with E-state index in [9.17, 15) is 4.79 Å². The fourth-order valence-electron chi connectivity index (χ4n) is 2.28. The number of anilines is 1. The Morgan fingerprint density at radius 1 is 1.47 bits per heavy atom. The molecule has 0 amide bonds. The number of nitrogens with zero attached hydrogens (tertiary/aromatic N) is 1. The average Bonchev–Trinajstić information content (AvgIpc) is 2.56. The van der Waals surface area contributed by atoms with E-state index in [2.05, 4.69) is 31.7 Å². The molecule has 0 fully saturated rings. The number of carbonyl (C=O) groups is 1. The maximum absolute atomic E-state index is 10.7. The summed E-state index contributed by atoms with van der Waals surface area (Å²) in [6.07, 6.45) is 0.922. The second-order valence-electron chi connectivity index (χ2n) is 4.58. The van der Waals surface area contributed by atoms with Crippen LogP contribution in [0.5, 0.6) is 0 Å². The van der Waals surface area contributed by atoms with Crippen molar-refractivity contribution in [2.45, 2.75) is 32.7 Å². The first-order valence-electron chi connectivity index (χ1n) is 5.49. The van der Waals surface area contributed by atoms with Crippen LogP contribution in [-0.4, -0.2) is 18.9 Å². The largest absolute Gasteiger partial charge is 0.368 e. The lowest BCUT2D eigenvalue weighted by molar-refractivity contribution is 0.112. The van der Waals surface area contributed by atoms with Crippen LogP contribution in [0.2, 0.25) is 0 Å². The standard InChI is InChI=1S/C13H17NO/c1-9(2)14-7-10(3)12-6-11(8-15)4-5-13(12)14/h4-6,8-10H,7H2,1-3H3. The molecule has 1 unspecified atom stereocenters. The molecule has 1 aliphatic rings. The number of rotatable bonds is 2. The summed E-state index contributed by atoms with van der Waals surface area (Å²) >= 11 is 0. The molecule has 0 radical (unpaired) electrons. The van der Waals surface area contributed by atoms with Gasteiger partial charge in [-0.3, -0.25) is 4.79 Å². The van der Waals surface area contributed by atoms with Gasteiger partial charge in [0.1, 0.15) is 6.29 Å². The van der Waals surface area contributed by atoms with E-state index >= 15 is 0 Å². The molecule has 0 saturated heterocycles. The summed E-state index contributed by atoms with van der Waals surface area (Å²) in [5, 5.41) is 0. The number of fused-ring (bicyclic) bond motifs is 1. The first kappa shape index (κ1) is 10.2. The monoisotopic (exact) mass is 203 g/mol. The predicted molar refractivity (Wildman–Crippen MR) is 62.7 cm³/mol. The Morgan fingerprint density at radius 3 is 2.80 bits per heavy atom. The van der Waals surface area contributed by atoms with Crippen LogP contribution in [0.15, 0.2) is 18.2 Å². The molecule has 2 nitrogen and oxygen atoms in total. The summed E-state index contributed by atoms with van der Waals surface area (Å²) in [4.78, 5) is 13.1. The predicted octanol–water partition coefficient (Wildman–Crippen LogP) is 2.83. The van der Waals surface area contributed by atoms with Crippen LogP contribution in [0.4, 0.5) is 5.69 Å². The van der Waals surface area contributed by atoms with Crippen LogP contribution in [-0.2, 0) is 0 Å². The Kier molecular flexibility index (Phi) is 2.51. The van der Waals surface area contributed by atoms with E-state index in [0.29, 0.717) is 12.0 Å². The van der Waals surface area contributed by atoms with Gasteiger partial charge in [-0.2, -0.15) is 0 Å². The van der Waals surface area contributed by atoms with Crippen molar-refractivity contribution in [1.82, 2.24) is 0 Å². The van der Waals surface area contributed by atoms with Crippen LogP contribution >= 0.6 is 0 Å². The molecule has 1 atom stereocenters. The van der Waals surface area contributed by atoms with E-state index in [4.69, 9.17) is 0 Å². The van der Waals surface area contributed by atoms with Crippen molar-refractivity contribution in [1.29, 1.82) is 0 Å². The van der Waals surface area contributed by atoms with E-state index in [1.54, 1.807) is 0 Å². The topological polar surface area (TPSA) is 20.3 Å². The fraction of sp³-hybridized carbons (Fsp3) is 0.462. The van der Waals surface area contributed by atoms with Crippen LogP contribution in [0.25, 0.3) is 0 Å². The van der Waals surface area contributed by atoms with Gasteiger partial charge in [-0.1, -0.05) is 6.92 Å². The maximum atomic E-state index is 10.7. The molecule has 1 aromatic rings. The Labute approximate surface area is 90.9 Å². The molecule has 80 valence electrons. The van der Waals surface area contributed by atoms with E-state index in [1.165, 1.54) is 11.3 Å². The molecule has 2 rings (SSSR count). The minimum Gasteiger partial charge on any atom is -0.368 e. The van der Waals surface area contributed by atoms with Crippen molar-refractivity contribution < 1.29 is 4.79 Å². The van der Waals surface area contributed by atoms with Gasteiger partial charge in [0.05, 0.1) is 0 Å². The minimum atomic E-state index is 0.524. The molecule has 0 aliphatic carbocycles. The minimum absolute atomic E-state index is 0.524. The highest BCUT2D eigenvalue weighted by Gasteiger charge is 2.26. The average molecular weight is 203 g/mol. The Morgan fingerprint density at radius 2 is 2.20 bits per heavy atom. The summed E-state index contributed by atoms with van der Waals surface area (Å²) in [6, 6.07) is 6.52. The fourth-order valence-corrected chi connectivity index (χ4v) is 2.28. The van der Waals surface area contributed by atoms with Crippen molar-refractivity contribution in [2.24, 2.45) is 0 Å².